The van der Waals surface area contributed by atoms with Crippen molar-refractivity contribution in [3.63, 3.8) is 0 Å². The molecular weight excluding hydrogens is 274 g/mol. The van der Waals surface area contributed by atoms with Gasteiger partial charge < -0.3 is 9.84 Å². The summed E-state index contributed by atoms with van der Waals surface area (Å²) >= 11 is 1.62. The number of phenolic OH excluding ortho intramolecular Hbond substituents is 1. The van der Waals surface area contributed by atoms with Crippen molar-refractivity contribution in [1.82, 2.24) is 5.32 Å². The van der Waals surface area contributed by atoms with Crippen LogP contribution in [0.1, 0.15) is 17.4 Å². The number of benzene rings is 1. The van der Waals surface area contributed by atoms with Crippen LogP contribution in [0, 0.1) is 0 Å². The summed E-state index contributed by atoms with van der Waals surface area (Å²) in [5.41, 5.74) is -0.335. The zero-order chi connectivity index (χ0) is 14.6. The van der Waals surface area contributed by atoms with E-state index in [0.29, 0.717) is 12.1 Å². The number of methoxy groups -OCH3 is 1. The van der Waals surface area contributed by atoms with E-state index >= 15 is 0 Å². The van der Waals surface area contributed by atoms with E-state index in [0.717, 1.165) is 4.88 Å². The average molecular weight is 291 g/mol. The van der Waals surface area contributed by atoms with Crippen molar-refractivity contribution in [2.75, 3.05) is 7.11 Å². The van der Waals surface area contributed by atoms with Crippen LogP contribution in [0.5, 0.6) is 5.75 Å². The first-order chi connectivity index (χ1) is 9.56. The van der Waals surface area contributed by atoms with Gasteiger partial charge in [-0.25, -0.2) is 4.79 Å². The van der Waals surface area contributed by atoms with Crippen LogP contribution in [0.25, 0.3) is 0 Å². The molecule has 106 valence electrons. The molecule has 4 nitrogen and oxygen atoms in total. The lowest BCUT2D eigenvalue weighted by Crippen LogP contribution is -2.46. The second-order valence-electron chi connectivity index (χ2n) is 4.60. The van der Waals surface area contributed by atoms with Gasteiger partial charge in [0.05, 0.1) is 7.11 Å². The van der Waals surface area contributed by atoms with Gasteiger partial charge in [0, 0.05) is 11.4 Å². The van der Waals surface area contributed by atoms with E-state index < -0.39 is 5.54 Å². The number of carbonyl (C=O) groups is 1. The molecule has 0 fully saturated rings. The second-order valence-corrected chi connectivity index (χ2v) is 5.63. The Morgan fingerprint density at radius 1 is 1.40 bits per heavy atom. The number of ether oxygens (including phenoxy) is 1. The summed E-state index contributed by atoms with van der Waals surface area (Å²) in [7, 11) is 1.36. The van der Waals surface area contributed by atoms with Gasteiger partial charge in [-0.2, -0.15) is 0 Å². The van der Waals surface area contributed by atoms with Crippen LogP contribution in [-0.2, 0) is 21.6 Å². The van der Waals surface area contributed by atoms with Gasteiger partial charge in [0.25, 0.3) is 0 Å². The number of hydrogen-bond acceptors (Lipinski definition) is 5. The van der Waals surface area contributed by atoms with Gasteiger partial charge in [0.1, 0.15) is 11.3 Å². The molecule has 2 rings (SSSR count). The molecule has 0 saturated carbocycles. The Balaban J connectivity index is 2.27. The zero-order valence-corrected chi connectivity index (χ0v) is 12.2. The SMILES string of the molecule is COC(=O)C(C)(NCc1cccs1)c1cccc(O)c1. The largest absolute Gasteiger partial charge is 0.508 e. The number of esters is 1. The number of aromatic hydroxyl groups is 1. The van der Waals surface area contributed by atoms with E-state index in [2.05, 4.69) is 5.32 Å². The molecule has 1 aromatic carbocycles. The number of nitrogens with one attached hydrogen (secondary N) is 1. The molecule has 0 bridgehead atoms. The number of rotatable bonds is 5. The molecule has 1 unspecified atom stereocenters. The maximum Gasteiger partial charge on any atom is 0.330 e. The summed E-state index contributed by atoms with van der Waals surface area (Å²) in [5, 5.41) is 14.8. The van der Waals surface area contributed by atoms with E-state index in [-0.39, 0.29) is 11.7 Å². The smallest absolute Gasteiger partial charge is 0.330 e. The number of phenols is 1. The highest BCUT2D eigenvalue weighted by atomic mass is 32.1. The van der Waals surface area contributed by atoms with Crippen LogP contribution in [0.3, 0.4) is 0 Å². The van der Waals surface area contributed by atoms with E-state index in [1.807, 2.05) is 17.5 Å². The summed E-state index contributed by atoms with van der Waals surface area (Å²) in [6, 6.07) is 10.6. The van der Waals surface area contributed by atoms with Crippen molar-refractivity contribution < 1.29 is 14.6 Å². The van der Waals surface area contributed by atoms with Crippen LogP contribution < -0.4 is 5.32 Å². The standard InChI is InChI=1S/C15H17NO3S/c1-15(14(18)19-2,11-5-3-6-12(17)9-11)16-10-13-7-4-8-20-13/h3-9,16-17H,10H2,1-2H3. The fraction of sp³-hybridized carbons (Fsp3) is 0.267. The van der Waals surface area contributed by atoms with Gasteiger partial charge in [0.15, 0.2) is 0 Å². The highest BCUT2D eigenvalue weighted by Gasteiger charge is 2.36. The number of carbonyl (C=O) groups excluding carboxylic acids is 1. The van der Waals surface area contributed by atoms with Gasteiger partial charge in [-0.3, -0.25) is 5.32 Å². The third kappa shape index (κ3) is 3.00. The second kappa shape index (κ2) is 6.07. The molecule has 0 amide bonds. The maximum atomic E-state index is 12.1. The molecule has 2 aromatic rings. The van der Waals surface area contributed by atoms with Gasteiger partial charge >= 0.3 is 5.97 Å². The van der Waals surface area contributed by atoms with Crippen LogP contribution >= 0.6 is 11.3 Å². The zero-order valence-electron chi connectivity index (χ0n) is 11.4. The molecule has 1 heterocycles. The topological polar surface area (TPSA) is 58.6 Å². The first-order valence-corrected chi connectivity index (χ1v) is 7.09. The molecule has 1 aromatic heterocycles. The predicted octanol–water partition coefficient (Wildman–Crippen LogP) is 2.63. The van der Waals surface area contributed by atoms with Crippen LogP contribution in [0.4, 0.5) is 0 Å². The molecule has 0 aliphatic heterocycles. The Hall–Kier alpha value is -1.85. The van der Waals surface area contributed by atoms with E-state index in [9.17, 15) is 9.90 Å². The Labute approximate surface area is 122 Å². The highest BCUT2D eigenvalue weighted by molar-refractivity contribution is 7.09. The maximum absolute atomic E-state index is 12.1. The van der Waals surface area contributed by atoms with Crippen molar-refractivity contribution >= 4 is 17.3 Å². The van der Waals surface area contributed by atoms with Crippen molar-refractivity contribution in [2.24, 2.45) is 0 Å². The first kappa shape index (κ1) is 14.6. The first-order valence-electron chi connectivity index (χ1n) is 6.21. The van der Waals surface area contributed by atoms with Crippen molar-refractivity contribution in [3.8, 4) is 5.75 Å². The van der Waals surface area contributed by atoms with E-state index in [1.54, 1.807) is 42.5 Å². The average Bonchev–Trinajstić information content (AvgIpc) is 2.97. The minimum Gasteiger partial charge on any atom is -0.508 e. The van der Waals surface area contributed by atoms with Crippen LogP contribution in [0.15, 0.2) is 41.8 Å². The minimum atomic E-state index is -1.00. The third-order valence-electron chi connectivity index (χ3n) is 3.21. The molecule has 0 aliphatic carbocycles. The molecular formula is C15H17NO3S. The van der Waals surface area contributed by atoms with E-state index in [1.165, 1.54) is 7.11 Å². The number of thiophene rings is 1. The van der Waals surface area contributed by atoms with Crippen molar-refractivity contribution in [1.29, 1.82) is 0 Å². The molecule has 0 aliphatic rings. The summed E-state index contributed by atoms with van der Waals surface area (Å²) in [5.74, 6) is -0.268. The van der Waals surface area contributed by atoms with Gasteiger partial charge in [-0.05, 0) is 36.1 Å². The lowest BCUT2D eigenvalue weighted by Gasteiger charge is -2.28. The molecule has 0 spiro atoms. The Bertz CT molecular complexity index is 583. The summed E-state index contributed by atoms with van der Waals surface area (Å²) in [4.78, 5) is 13.3. The summed E-state index contributed by atoms with van der Waals surface area (Å²) in [6.45, 7) is 2.31. The quantitative estimate of drug-likeness (QED) is 0.831. The molecule has 20 heavy (non-hydrogen) atoms. The van der Waals surface area contributed by atoms with Gasteiger partial charge in [-0.15, -0.1) is 11.3 Å². The lowest BCUT2D eigenvalue weighted by molar-refractivity contribution is -0.148. The van der Waals surface area contributed by atoms with Crippen LogP contribution in [-0.4, -0.2) is 18.2 Å². The summed E-state index contributed by atoms with van der Waals surface area (Å²) < 4.78 is 4.90. The summed E-state index contributed by atoms with van der Waals surface area (Å²) in [6.07, 6.45) is 0. The predicted molar refractivity (Wildman–Crippen MR) is 78.6 cm³/mol. The number of hydrogen-bond donors (Lipinski definition) is 2. The minimum absolute atomic E-state index is 0.121. The van der Waals surface area contributed by atoms with Gasteiger partial charge in [0.2, 0.25) is 0 Å². The molecule has 0 radical (unpaired) electrons. The Morgan fingerprint density at radius 3 is 2.80 bits per heavy atom. The normalized spacial score (nSPS) is 13.7. The van der Waals surface area contributed by atoms with Crippen molar-refractivity contribution in [3.05, 3.63) is 52.2 Å². The van der Waals surface area contributed by atoms with Gasteiger partial charge in [-0.1, -0.05) is 18.2 Å². The lowest BCUT2D eigenvalue weighted by atomic mass is 9.91. The van der Waals surface area contributed by atoms with Crippen molar-refractivity contribution in [2.45, 2.75) is 19.0 Å². The van der Waals surface area contributed by atoms with Crippen LogP contribution in [0.2, 0.25) is 0 Å². The Kier molecular flexibility index (Phi) is 4.42. The fourth-order valence-electron chi connectivity index (χ4n) is 1.99. The third-order valence-corrected chi connectivity index (χ3v) is 4.09. The van der Waals surface area contributed by atoms with E-state index in [4.69, 9.17) is 4.74 Å². The monoisotopic (exact) mass is 291 g/mol. The molecule has 5 heteroatoms. The highest BCUT2D eigenvalue weighted by Crippen LogP contribution is 2.26. The molecule has 2 N–H and O–H groups in total. The molecule has 0 saturated heterocycles. The fourth-order valence-corrected chi connectivity index (χ4v) is 2.63. The Morgan fingerprint density at radius 2 is 2.20 bits per heavy atom. The molecule has 1 atom stereocenters.